The quantitative estimate of drug-likeness (QED) is 0.356. The van der Waals surface area contributed by atoms with Gasteiger partial charge in [-0.1, -0.05) is 18.2 Å². The summed E-state index contributed by atoms with van der Waals surface area (Å²) in [5.74, 6) is -0.601. The summed E-state index contributed by atoms with van der Waals surface area (Å²) in [5.41, 5.74) is 2.96. The average Bonchev–Trinajstić information content (AvgIpc) is 3.34. The van der Waals surface area contributed by atoms with Crippen LogP contribution >= 0.6 is 11.3 Å². The lowest BCUT2D eigenvalue weighted by atomic mass is 9.97. The van der Waals surface area contributed by atoms with Crippen LogP contribution in [0.15, 0.2) is 66.7 Å². The minimum absolute atomic E-state index is 0.0235. The minimum Gasteiger partial charge on any atom is -0.494 e. The topological polar surface area (TPSA) is 113 Å². The van der Waals surface area contributed by atoms with Crippen molar-refractivity contribution in [3.8, 4) is 16.2 Å². The maximum Gasteiger partial charge on any atom is 0.253 e. The number of ether oxygens (including phenoxy) is 1. The van der Waals surface area contributed by atoms with Crippen molar-refractivity contribution >= 4 is 33.0 Å². The summed E-state index contributed by atoms with van der Waals surface area (Å²) in [6.07, 6.45) is -0.410. The number of sulfone groups is 1. The van der Waals surface area contributed by atoms with Crippen LogP contribution in [0.3, 0.4) is 0 Å². The highest BCUT2D eigenvalue weighted by Gasteiger charge is 2.49. The molecule has 1 aromatic heterocycles. The van der Waals surface area contributed by atoms with E-state index in [1.165, 1.54) is 16.2 Å². The van der Waals surface area contributed by atoms with Crippen LogP contribution in [0.5, 0.6) is 5.75 Å². The Balaban J connectivity index is 1.69. The van der Waals surface area contributed by atoms with Crippen molar-refractivity contribution in [3.05, 3.63) is 77.2 Å². The molecular weight excluding hydrogens is 500 g/mol. The Bertz CT molecular complexity index is 1320. The molecule has 0 unspecified atom stereocenters. The Hall–Kier alpha value is -3.21. The Labute approximate surface area is 214 Å². The molecule has 0 bridgehead atoms. The normalized spacial score (nSPS) is 19.3. The molecule has 2 heterocycles. The molecule has 2 amide bonds. The van der Waals surface area contributed by atoms with E-state index in [1.54, 1.807) is 41.9 Å². The number of nitrogens with zero attached hydrogens (tertiary/aromatic N) is 1. The predicted molar refractivity (Wildman–Crippen MR) is 138 cm³/mol. The van der Waals surface area contributed by atoms with Crippen molar-refractivity contribution in [3.63, 3.8) is 0 Å². The second-order valence-electron chi connectivity index (χ2n) is 8.55. The van der Waals surface area contributed by atoms with E-state index in [9.17, 15) is 23.2 Å². The standard InChI is InChI=1S/C26H28N2O6S2/c1-2-34-21-10-8-19(9-11-21)22-12-13-23(35-22)26(18-24(29)27-31)14-15-28(16-17-36(26,32)33)25(30)20-6-4-3-5-7-20/h3-13,31H,2,14-18H2,1H3,(H,27,29)/t26-/m0/s1. The molecule has 2 N–H and O–H groups in total. The fraction of sp³-hybridized carbons (Fsp3) is 0.308. The van der Waals surface area contributed by atoms with Crippen LogP contribution in [0.1, 0.15) is 35.0 Å². The highest BCUT2D eigenvalue weighted by molar-refractivity contribution is 7.92. The lowest BCUT2D eigenvalue weighted by Gasteiger charge is -2.30. The Kier molecular flexibility index (Phi) is 7.77. The van der Waals surface area contributed by atoms with Gasteiger partial charge in [-0.25, -0.2) is 13.9 Å². The molecule has 1 aliphatic heterocycles. The van der Waals surface area contributed by atoms with E-state index in [0.717, 1.165) is 16.2 Å². The van der Waals surface area contributed by atoms with Gasteiger partial charge in [-0.2, -0.15) is 0 Å². The fourth-order valence-electron chi connectivity index (χ4n) is 4.46. The first-order valence-corrected chi connectivity index (χ1v) is 14.1. The van der Waals surface area contributed by atoms with Gasteiger partial charge < -0.3 is 9.64 Å². The number of carbonyl (C=O) groups excluding carboxylic acids is 2. The summed E-state index contributed by atoms with van der Waals surface area (Å²) < 4.78 is 31.4. The predicted octanol–water partition coefficient (Wildman–Crippen LogP) is 3.87. The number of nitrogens with one attached hydrogen (secondary N) is 1. The van der Waals surface area contributed by atoms with Crippen LogP contribution in [0.2, 0.25) is 0 Å². The van der Waals surface area contributed by atoms with E-state index in [-0.39, 0.29) is 31.2 Å². The molecule has 0 spiro atoms. The number of hydroxylamine groups is 1. The van der Waals surface area contributed by atoms with Gasteiger partial charge >= 0.3 is 0 Å². The van der Waals surface area contributed by atoms with Gasteiger partial charge in [0.2, 0.25) is 5.91 Å². The molecule has 0 saturated carbocycles. The van der Waals surface area contributed by atoms with E-state index in [2.05, 4.69) is 0 Å². The molecule has 2 aromatic carbocycles. The molecule has 0 aliphatic carbocycles. The van der Waals surface area contributed by atoms with Crippen molar-refractivity contribution < 1.29 is 28.0 Å². The number of benzene rings is 2. The lowest BCUT2D eigenvalue weighted by Crippen LogP contribution is -2.41. The molecule has 1 saturated heterocycles. The van der Waals surface area contributed by atoms with Gasteiger partial charge in [-0.3, -0.25) is 14.8 Å². The summed E-state index contributed by atoms with van der Waals surface area (Å²) in [4.78, 5) is 28.3. The van der Waals surface area contributed by atoms with Crippen molar-refractivity contribution in [2.24, 2.45) is 0 Å². The molecule has 36 heavy (non-hydrogen) atoms. The maximum absolute atomic E-state index is 13.7. The number of hydrogen-bond donors (Lipinski definition) is 2. The van der Waals surface area contributed by atoms with Crippen LogP contribution in [0.4, 0.5) is 0 Å². The third kappa shape index (κ3) is 5.16. The molecule has 10 heteroatoms. The van der Waals surface area contributed by atoms with Gasteiger partial charge in [0.1, 0.15) is 10.5 Å². The third-order valence-corrected chi connectivity index (χ3v) is 10.3. The van der Waals surface area contributed by atoms with Crippen LogP contribution < -0.4 is 10.2 Å². The molecule has 4 rings (SSSR count). The number of rotatable bonds is 7. The van der Waals surface area contributed by atoms with Crippen molar-refractivity contribution in [1.29, 1.82) is 0 Å². The first-order chi connectivity index (χ1) is 17.3. The minimum atomic E-state index is -3.89. The van der Waals surface area contributed by atoms with Crippen LogP contribution in [-0.4, -0.2) is 55.8 Å². The number of carbonyl (C=O) groups is 2. The summed E-state index contributed by atoms with van der Waals surface area (Å²) in [6, 6.07) is 19.8. The van der Waals surface area contributed by atoms with E-state index in [4.69, 9.17) is 4.74 Å². The summed E-state index contributed by atoms with van der Waals surface area (Å²) in [7, 11) is -3.89. The van der Waals surface area contributed by atoms with Crippen molar-refractivity contribution in [2.45, 2.75) is 24.5 Å². The Morgan fingerprint density at radius 3 is 2.44 bits per heavy atom. The Morgan fingerprint density at radius 2 is 1.78 bits per heavy atom. The summed E-state index contributed by atoms with van der Waals surface area (Å²) >= 11 is 1.30. The Morgan fingerprint density at radius 1 is 1.06 bits per heavy atom. The van der Waals surface area contributed by atoms with Gasteiger partial charge in [-0.15, -0.1) is 11.3 Å². The largest absolute Gasteiger partial charge is 0.494 e. The first-order valence-electron chi connectivity index (χ1n) is 11.6. The molecule has 3 aromatic rings. The fourth-order valence-corrected chi connectivity index (χ4v) is 8.06. The number of hydrogen-bond acceptors (Lipinski definition) is 7. The molecule has 190 valence electrons. The average molecular weight is 529 g/mol. The molecular formula is C26H28N2O6S2. The second kappa shape index (κ2) is 10.8. The number of thiophene rings is 1. The molecule has 1 atom stereocenters. The van der Waals surface area contributed by atoms with Crippen LogP contribution in [0, 0.1) is 0 Å². The maximum atomic E-state index is 13.7. The molecule has 8 nitrogen and oxygen atoms in total. The zero-order valence-corrected chi connectivity index (χ0v) is 21.5. The summed E-state index contributed by atoms with van der Waals surface area (Å²) in [5, 5.41) is 9.24. The van der Waals surface area contributed by atoms with Crippen LogP contribution in [0.25, 0.3) is 10.4 Å². The van der Waals surface area contributed by atoms with E-state index >= 15 is 0 Å². The highest BCUT2D eigenvalue weighted by atomic mass is 32.2. The monoisotopic (exact) mass is 528 g/mol. The van der Waals surface area contributed by atoms with Gasteiger partial charge in [0, 0.05) is 28.4 Å². The highest BCUT2D eigenvalue weighted by Crippen LogP contribution is 2.45. The van der Waals surface area contributed by atoms with Crippen molar-refractivity contribution in [2.75, 3.05) is 25.4 Å². The van der Waals surface area contributed by atoms with Crippen LogP contribution in [-0.2, 0) is 19.4 Å². The van der Waals surface area contributed by atoms with E-state index in [0.29, 0.717) is 17.0 Å². The molecule has 0 radical (unpaired) electrons. The number of amides is 2. The second-order valence-corrected chi connectivity index (χ2v) is 12.1. The summed E-state index contributed by atoms with van der Waals surface area (Å²) in [6.45, 7) is 2.64. The van der Waals surface area contributed by atoms with Gasteiger partial charge in [-0.05, 0) is 67.4 Å². The smallest absolute Gasteiger partial charge is 0.253 e. The first kappa shape index (κ1) is 25.9. The molecule has 1 aliphatic rings. The zero-order valence-electron chi connectivity index (χ0n) is 19.8. The van der Waals surface area contributed by atoms with E-state index < -0.39 is 26.9 Å². The van der Waals surface area contributed by atoms with Gasteiger partial charge in [0.15, 0.2) is 9.84 Å². The van der Waals surface area contributed by atoms with Gasteiger partial charge in [0.25, 0.3) is 5.91 Å². The third-order valence-electron chi connectivity index (χ3n) is 6.39. The zero-order chi connectivity index (χ0) is 25.8. The van der Waals surface area contributed by atoms with Gasteiger partial charge in [0.05, 0.1) is 18.8 Å². The van der Waals surface area contributed by atoms with E-state index in [1.807, 2.05) is 37.3 Å². The molecule has 1 fully saturated rings. The van der Waals surface area contributed by atoms with Crippen molar-refractivity contribution in [1.82, 2.24) is 10.4 Å². The SMILES string of the molecule is CCOc1ccc(-c2ccc([C@@]3(CC(=O)NO)CCN(C(=O)c4ccccc4)CCS3(=O)=O)s2)cc1. The lowest BCUT2D eigenvalue weighted by molar-refractivity contribution is -0.129.